The summed E-state index contributed by atoms with van der Waals surface area (Å²) >= 11 is 0. The SMILES string of the molecule is O=C(c1ccc(N2CCC(NC3Cc4ccccc4C3)CC2)cc1)N1CCC[C@H](O)C1. The number of amides is 1. The molecule has 0 aromatic heterocycles. The molecule has 1 atom stereocenters. The van der Waals surface area contributed by atoms with Crippen LogP contribution in [0.4, 0.5) is 5.69 Å². The predicted octanol–water partition coefficient (Wildman–Crippen LogP) is 3.01. The maximum Gasteiger partial charge on any atom is 0.253 e. The van der Waals surface area contributed by atoms with E-state index in [2.05, 4.69) is 46.6 Å². The average molecular weight is 420 g/mol. The lowest BCUT2D eigenvalue weighted by atomic mass is 10.0. The molecule has 2 heterocycles. The molecule has 164 valence electrons. The van der Waals surface area contributed by atoms with Crippen LogP contribution in [-0.2, 0) is 12.8 Å². The lowest BCUT2D eigenvalue weighted by molar-refractivity contribution is 0.0474. The molecule has 0 unspecified atom stereocenters. The Morgan fingerprint density at radius 3 is 2.19 bits per heavy atom. The summed E-state index contributed by atoms with van der Waals surface area (Å²) in [5, 5.41) is 13.7. The zero-order chi connectivity index (χ0) is 21.2. The number of piperidine rings is 2. The number of fused-ring (bicyclic) bond motifs is 1. The Balaban J connectivity index is 1.12. The van der Waals surface area contributed by atoms with Gasteiger partial charge in [-0.25, -0.2) is 0 Å². The van der Waals surface area contributed by atoms with Gasteiger partial charge in [-0.3, -0.25) is 4.79 Å². The van der Waals surface area contributed by atoms with Crippen molar-refractivity contribution in [3.63, 3.8) is 0 Å². The number of likely N-dealkylation sites (tertiary alicyclic amines) is 1. The molecule has 1 amide bonds. The van der Waals surface area contributed by atoms with Crippen LogP contribution in [0.25, 0.3) is 0 Å². The highest BCUT2D eigenvalue weighted by atomic mass is 16.3. The molecule has 0 saturated carbocycles. The number of carbonyl (C=O) groups is 1. The molecular formula is C26H33N3O2. The van der Waals surface area contributed by atoms with Crippen LogP contribution in [0.1, 0.15) is 47.2 Å². The molecule has 0 spiro atoms. The number of β-amino-alcohol motifs (C(OH)–C–C–N with tert-alkyl or cyclic N) is 1. The molecule has 0 radical (unpaired) electrons. The predicted molar refractivity (Wildman–Crippen MR) is 124 cm³/mol. The monoisotopic (exact) mass is 419 g/mol. The summed E-state index contributed by atoms with van der Waals surface area (Å²) in [6.07, 6.45) is 5.89. The van der Waals surface area contributed by atoms with Crippen molar-refractivity contribution < 1.29 is 9.90 Å². The Bertz CT molecular complexity index is 880. The van der Waals surface area contributed by atoms with Gasteiger partial charge in [0.15, 0.2) is 0 Å². The molecule has 2 aromatic rings. The third-order valence-corrected chi connectivity index (χ3v) is 7.18. The van der Waals surface area contributed by atoms with Gasteiger partial charge in [-0.1, -0.05) is 24.3 Å². The van der Waals surface area contributed by atoms with Gasteiger partial charge in [-0.05, 0) is 73.9 Å². The van der Waals surface area contributed by atoms with Crippen molar-refractivity contribution >= 4 is 11.6 Å². The Hall–Kier alpha value is -2.37. The molecule has 0 bridgehead atoms. The molecule has 5 rings (SSSR count). The van der Waals surface area contributed by atoms with Crippen LogP contribution in [-0.4, -0.2) is 60.3 Å². The lowest BCUT2D eigenvalue weighted by Crippen LogP contribution is -2.46. The number of carbonyl (C=O) groups excluding carboxylic acids is 1. The highest BCUT2D eigenvalue weighted by Gasteiger charge is 2.27. The van der Waals surface area contributed by atoms with Gasteiger partial charge < -0.3 is 20.2 Å². The summed E-state index contributed by atoms with van der Waals surface area (Å²) in [5.41, 5.74) is 4.93. The van der Waals surface area contributed by atoms with Crippen LogP contribution in [0.5, 0.6) is 0 Å². The van der Waals surface area contributed by atoms with E-state index in [0.717, 1.165) is 63.7 Å². The first-order valence-corrected chi connectivity index (χ1v) is 11.8. The van der Waals surface area contributed by atoms with Crippen molar-refractivity contribution in [2.24, 2.45) is 0 Å². The molecule has 2 fully saturated rings. The van der Waals surface area contributed by atoms with E-state index in [1.807, 2.05) is 12.1 Å². The minimum Gasteiger partial charge on any atom is -0.391 e. The number of hydrogen-bond donors (Lipinski definition) is 2. The molecule has 2 aromatic carbocycles. The summed E-state index contributed by atoms with van der Waals surface area (Å²) in [4.78, 5) is 16.9. The lowest BCUT2D eigenvalue weighted by Gasteiger charge is -2.35. The highest BCUT2D eigenvalue weighted by molar-refractivity contribution is 5.94. The topological polar surface area (TPSA) is 55.8 Å². The Morgan fingerprint density at radius 1 is 0.871 bits per heavy atom. The fourth-order valence-electron chi connectivity index (χ4n) is 5.45. The number of benzene rings is 2. The van der Waals surface area contributed by atoms with Gasteiger partial charge in [0.1, 0.15) is 0 Å². The molecule has 2 aliphatic heterocycles. The molecule has 5 nitrogen and oxygen atoms in total. The molecular weight excluding hydrogens is 386 g/mol. The van der Waals surface area contributed by atoms with E-state index in [0.29, 0.717) is 18.6 Å². The van der Waals surface area contributed by atoms with Crippen LogP contribution in [0.15, 0.2) is 48.5 Å². The first-order chi connectivity index (χ1) is 15.2. The van der Waals surface area contributed by atoms with Gasteiger partial charge >= 0.3 is 0 Å². The van der Waals surface area contributed by atoms with E-state index >= 15 is 0 Å². The van der Waals surface area contributed by atoms with Crippen LogP contribution in [0.3, 0.4) is 0 Å². The number of anilines is 1. The number of rotatable bonds is 4. The minimum absolute atomic E-state index is 0.0331. The van der Waals surface area contributed by atoms with Crippen molar-refractivity contribution in [2.75, 3.05) is 31.1 Å². The van der Waals surface area contributed by atoms with E-state index in [-0.39, 0.29) is 12.0 Å². The molecule has 2 saturated heterocycles. The van der Waals surface area contributed by atoms with E-state index in [1.54, 1.807) is 4.90 Å². The van der Waals surface area contributed by atoms with E-state index in [1.165, 1.54) is 16.8 Å². The summed E-state index contributed by atoms with van der Waals surface area (Å²) < 4.78 is 0. The number of aliphatic hydroxyl groups is 1. The number of nitrogens with zero attached hydrogens (tertiary/aromatic N) is 2. The molecule has 5 heteroatoms. The number of nitrogens with one attached hydrogen (secondary N) is 1. The summed E-state index contributed by atoms with van der Waals surface area (Å²) in [6.45, 7) is 3.28. The second kappa shape index (κ2) is 9.01. The zero-order valence-electron chi connectivity index (χ0n) is 18.2. The largest absolute Gasteiger partial charge is 0.391 e. The second-order valence-electron chi connectivity index (χ2n) is 9.40. The Kier molecular flexibility index (Phi) is 5.97. The third kappa shape index (κ3) is 4.63. The van der Waals surface area contributed by atoms with Crippen molar-refractivity contribution in [2.45, 2.75) is 56.7 Å². The highest BCUT2D eigenvalue weighted by Crippen LogP contribution is 2.25. The third-order valence-electron chi connectivity index (χ3n) is 7.18. The summed E-state index contributed by atoms with van der Waals surface area (Å²) in [6, 6.07) is 18.0. The van der Waals surface area contributed by atoms with Crippen molar-refractivity contribution in [1.82, 2.24) is 10.2 Å². The van der Waals surface area contributed by atoms with E-state index in [9.17, 15) is 9.90 Å². The maximum absolute atomic E-state index is 12.7. The van der Waals surface area contributed by atoms with Crippen molar-refractivity contribution in [1.29, 1.82) is 0 Å². The molecule has 1 aliphatic carbocycles. The minimum atomic E-state index is -0.384. The van der Waals surface area contributed by atoms with Gasteiger partial charge in [-0.15, -0.1) is 0 Å². The zero-order valence-corrected chi connectivity index (χ0v) is 18.2. The Labute approximate surface area is 185 Å². The summed E-state index contributed by atoms with van der Waals surface area (Å²) in [7, 11) is 0. The molecule has 3 aliphatic rings. The smallest absolute Gasteiger partial charge is 0.253 e. The fourth-order valence-corrected chi connectivity index (χ4v) is 5.45. The first kappa shape index (κ1) is 20.5. The van der Waals surface area contributed by atoms with Gasteiger partial charge in [0, 0.05) is 49.5 Å². The number of hydrogen-bond acceptors (Lipinski definition) is 4. The van der Waals surface area contributed by atoms with Crippen LogP contribution >= 0.6 is 0 Å². The maximum atomic E-state index is 12.7. The normalized spacial score (nSPS) is 22.5. The van der Waals surface area contributed by atoms with Gasteiger partial charge in [0.05, 0.1) is 6.10 Å². The van der Waals surface area contributed by atoms with E-state index < -0.39 is 0 Å². The summed E-state index contributed by atoms with van der Waals surface area (Å²) in [5.74, 6) is 0.0331. The van der Waals surface area contributed by atoms with Crippen molar-refractivity contribution in [3.8, 4) is 0 Å². The standard InChI is InChI=1S/C26H33N3O2/c30-25-6-3-13-29(18-25)26(31)19-7-9-24(10-8-19)28-14-11-22(12-15-28)27-23-16-20-4-1-2-5-21(20)17-23/h1-2,4-5,7-10,22-23,25,27,30H,3,6,11-18H2/t25-/m0/s1. The quantitative estimate of drug-likeness (QED) is 0.800. The van der Waals surface area contributed by atoms with Crippen LogP contribution in [0, 0.1) is 0 Å². The van der Waals surface area contributed by atoms with E-state index in [4.69, 9.17) is 0 Å². The Morgan fingerprint density at radius 2 is 1.55 bits per heavy atom. The molecule has 2 N–H and O–H groups in total. The van der Waals surface area contributed by atoms with Gasteiger partial charge in [0.2, 0.25) is 0 Å². The number of aliphatic hydroxyl groups excluding tert-OH is 1. The second-order valence-corrected chi connectivity index (χ2v) is 9.40. The fraction of sp³-hybridized carbons (Fsp3) is 0.500. The van der Waals surface area contributed by atoms with Crippen molar-refractivity contribution in [3.05, 3.63) is 65.2 Å². The van der Waals surface area contributed by atoms with Gasteiger partial charge in [0.25, 0.3) is 5.91 Å². The van der Waals surface area contributed by atoms with Gasteiger partial charge in [-0.2, -0.15) is 0 Å². The molecule has 31 heavy (non-hydrogen) atoms. The van der Waals surface area contributed by atoms with Crippen LogP contribution < -0.4 is 10.2 Å². The first-order valence-electron chi connectivity index (χ1n) is 11.8. The average Bonchev–Trinajstić information content (AvgIpc) is 3.21. The van der Waals surface area contributed by atoms with Crippen LogP contribution in [0.2, 0.25) is 0 Å².